The van der Waals surface area contributed by atoms with Crippen LogP contribution in [0.3, 0.4) is 0 Å². The lowest BCUT2D eigenvalue weighted by Crippen LogP contribution is -2.44. The summed E-state index contributed by atoms with van der Waals surface area (Å²) in [6.45, 7) is 4.82. The van der Waals surface area contributed by atoms with Gasteiger partial charge in [-0.05, 0) is 89.6 Å². The fourth-order valence-corrected chi connectivity index (χ4v) is 9.16. The van der Waals surface area contributed by atoms with Crippen molar-refractivity contribution in [2.75, 3.05) is 28.2 Å². The molecule has 6 aromatic rings. The Kier molecular flexibility index (Phi) is 10.7. The zero-order valence-electron chi connectivity index (χ0n) is 35.6. The van der Waals surface area contributed by atoms with Gasteiger partial charge in [0.05, 0.1) is 58.0 Å². The highest BCUT2D eigenvalue weighted by atomic mass is 35.5. The molecule has 8 heterocycles. The average Bonchev–Trinajstić information content (AvgIpc) is 3.79. The van der Waals surface area contributed by atoms with Crippen molar-refractivity contribution in [3.63, 3.8) is 0 Å². The van der Waals surface area contributed by atoms with Crippen LogP contribution < -0.4 is 11.1 Å². The van der Waals surface area contributed by atoms with Gasteiger partial charge in [0.25, 0.3) is 11.1 Å². The third-order valence-electron chi connectivity index (χ3n) is 12.5. The number of halogens is 1. The van der Waals surface area contributed by atoms with Gasteiger partial charge in [-0.2, -0.15) is 0 Å². The van der Waals surface area contributed by atoms with Crippen LogP contribution in [-0.2, 0) is 69.7 Å². The van der Waals surface area contributed by atoms with Gasteiger partial charge in [0.1, 0.15) is 24.7 Å². The number of cyclic esters (lactones) is 2. The van der Waals surface area contributed by atoms with E-state index in [1.54, 1.807) is 59.4 Å². The lowest BCUT2D eigenvalue weighted by atomic mass is 9.86. The molecule has 0 spiro atoms. The van der Waals surface area contributed by atoms with E-state index >= 15 is 0 Å². The van der Waals surface area contributed by atoms with Gasteiger partial charge in [-0.25, -0.2) is 19.6 Å². The molecule has 16 nitrogen and oxygen atoms in total. The van der Waals surface area contributed by atoms with Crippen LogP contribution in [0.25, 0.3) is 44.6 Å². The summed E-state index contributed by atoms with van der Waals surface area (Å²) < 4.78 is 13.4. The molecule has 0 fully saturated rings. The number of aliphatic hydroxyl groups is 2. The van der Waals surface area contributed by atoms with Crippen LogP contribution in [0.2, 0.25) is 0 Å². The number of pyridine rings is 4. The van der Waals surface area contributed by atoms with Crippen molar-refractivity contribution >= 4 is 46.2 Å². The number of rotatable bonds is 6. The van der Waals surface area contributed by atoms with Gasteiger partial charge in [-0.3, -0.25) is 9.59 Å². The first kappa shape index (κ1) is 43.5. The lowest BCUT2D eigenvalue weighted by Gasteiger charge is -2.31. The summed E-state index contributed by atoms with van der Waals surface area (Å²) in [5.41, 5.74) is 4.06. The molecule has 17 heteroatoms. The zero-order valence-corrected chi connectivity index (χ0v) is 36.4. The van der Waals surface area contributed by atoms with Crippen molar-refractivity contribution in [2.45, 2.75) is 77.3 Å². The first-order valence-corrected chi connectivity index (χ1v) is 20.4. The van der Waals surface area contributed by atoms with E-state index in [-0.39, 0.29) is 61.1 Å². The number of phenolic OH excluding ortho intramolecular Hbond substituents is 2. The molecule has 10 rings (SSSR count). The Morgan fingerprint density at radius 3 is 1.37 bits per heavy atom. The number of hydrogen-bond acceptors (Lipinski definition) is 14. The number of hydrogen-bond donors (Lipinski definition) is 4. The Balaban J connectivity index is 0.000000170. The number of ether oxygens (including phenoxy) is 2. The zero-order chi connectivity index (χ0) is 44.2. The molecule has 0 amide bonds. The minimum Gasteiger partial charge on any atom is -0.508 e. The van der Waals surface area contributed by atoms with E-state index in [9.17, 15) is 39.6 Å². The Bertz CT molecular complexity index is 2870. The average molecular weight is 879 g/mol. The number of carbonyl (C=O) groups excluding carboxylic acids is 2. The summed E-state index contributed by atoms with van der Waals surface area (Å²) in [6, 6.07) is 14.1. The van der Waals surface area contributed by atoms with Gasteiger partial charge in [-0.1, -0.05) is 13.8 Å². The highest BCUT2D eigenvalue weighted by molar-refractivity contribution is 5.91. The van der Waals surface area contributed by atoms with Crippen molar-refractivity contribution in [3.05, 3.63) is 114 Å². The Morgan fingerprint density at radius 1 is 0.635 bits per heavy atom. The van der Waals surface area contributed by atoms with Crippen LogP contribution in [0.4, 0.5) is 0 Å². The highest BCUT2D eigenvalue weighted by Crippen LogP contribution is 2.42. The SMILES string of the molecule is CC[C@@]1(O)C(=O)OCc2c1cc1n(c2=O)Cc2cc3c(CN(C)C)c(O)ccc3nc2-1.CC[C@@]1(O)C(=O)OCc2c1cc1n(c2=O)Cc2cc3c(CN(C)C)c(O)ccc3nc2-1.Cl. The maximum atomic E-state index is 13.2. The van der Waals surface area contributed by atoms with Gasteiger partial charge in [0.2, 0.25) is 0 Å². The quantitative estimate of drug-likeness (QED) is 0.173. The monoisotopic (exact) mass is 878 g/mol. The largest absolute Gasteiger partial charge is 0.508 e. The van der Waals surface area contributed by atoms with Crippen molar-refractivity contribution < 1.29 is 39.5 Å². The number of esters is 2. The van der Waals surface area contributed by atoms with E-state index in [2.05, 4.69) is 0 Å². The van der Waals surface area contributed by atoms with Gasteiger partial charge < -0.3 is 48.8 Å². The van der Waals surface area contributed by atoms with Gasteiger partial charge >= 0.3 is 11.9 Å². The molecule has 4 aliphatic rings. The normalized spacial score (nSPS) is 19.0. The lowest BCUT2D eigenvalue weighted by molar-refractivity contribution is -0.172. The molecule has 63 heavy (non-hydrogen) atoms. The Labute approximate surface area is 367 Å². The second-order valence-corrected chi connectivity index (χ2v) is 16.9. The fourth-order valence-electron chi connectivity index (χ4n) is 9.16. The second kappa shape index (κ2) is 15.6. The number of aromatic hydroxyl groups is 2. The minimum absolute atomic E-state index is 0. The van der Waals surface area contributed by atoms with E-state index in [0.29, 0.717) is 82.2 Å². The summed E-state index contributed by atoms with van der Waals surface area (Å²) in [6.07, 6.45) is 0.208. The predicted octanol–water partition coefficient (Wildman–Crippen LogP) is 4.12. The van der Waals surface area contributed by atoms with Crippen LogP contribution in [0.1, 0.15) is 71.2 Å². The summed E-state index contributed by atoms with van der Waals surface area (Å²) in [5.74, 6) is -1.06. The molecule has 4 aliphatic heterocycles. The molecule has 4 N–H and O–H groups in total. The van der Waals surface area contributed by atoms with E-state index in [1.165, 1.54) is 0 Å². The molecule has 2 aromatic carbocycles. The van der Waals surface area contributed by atoms with Crippen LogP contribution in [0.5, 0.6) is 11.5 Å². The van der Waals surface area contributed by atoms with Crippen molar-refractivity contribution in [1.82, 2.24) is 28.9 Å². The van der Waals surface area contributed by atoms with Crippen LogP contribution in [0.15, 0.2) is 58.1 Å². The number of carbonyl (C=O) groups is 2. The van der Waals surface area contributed by atoms with Crippen LogP contribution >= 0.6 is 12.4 Å². The standard InChI is InChI=1S/2C23H23N3O5.ClH/c2*1-4-23(30)16-8-18-20-12(9-26(18)21(28)15(16)11-31-22(23)29)7-13-14(10-25(2)3)19(27)6-5-17(13)24-20;/h2*5-8,27,30H,4,9-11H2,1-3H3;1H/t2*23-;/m00./s1. The molecule has 0 bridgehead atoms. The molecule has 0 radical (unpaired) electrons. The first-order valence-electron chi connectivity index (χ1n) is 20.4. The Morgan fingerprint density at radius 2 is 1.02 bits per heavy atom. The number of fused-ring (bicyclic) bond motifs is 10. The topological polar surface area (TPSA) is 210 Å². The molecule has 0 unspecified atom stereocenters. The van der Waals surface area contributed by atoms with Gasteiger partial charge in [0.15, 0.2) is 11.2 Å². The number of aromatic nitrogens is 4. The third kappa shape index (κ3) is 6.66. The first-order chi connectivity index (χ1) is 29.5. The molecular formula is C46H47ClN6O10. The highest BCUT2D eigenvalue weighted by Gasteiger charge is 2.47. The predicted molar refractivity (Wildman–Crippen MR) is 234 cm³/mol. The van der Waals surface area contributed by atoms with Gasteiger partial charge in [0, 0.05) is 57.2 Å². The third-order valence-corrected chi connectivity index (χ3v) is 12.5. The van der Waals surface area contributed by atoms with Crippen molar-refractivity contribution in [2.24, 2.45) is 0 Å². The molecular weight excluding hydrogens is 832 g/mol. The fraction of sp³-hybridized carbons (Fsp3) is 0.348. The summed E-state index contributed by atoms with van der Waals surface area (Å²) in [7, 11) is 7.71. The summed E-state index contributed by atoms with van der Waals surface area (Å²) >= 11 is 0. The van der Waals surface area contributed by atoms with E-state index in [4.69, 9.17) is 19.4 Å². The minimum atomic E-state index is -1.84. The van der Waals surface area contributed by atoms with E-state index < -0.39 is 23.1 Å². The van der Waals surface area contributed by atoms with Gasteiger partial charge in [-0.15, -0.1) is 12.4 Å². The molecule has 0 saturated heterocycles. The van der Waals surface area contributed by atoms with Crippen molar-refractivity contribution in [3.8, 4) is 34.3 Å². The molecule has 2 atom stereocenters. The molecule has 328 valence electrons. The second-order valence-electron chi connectivity index (χ2n) is 16.9. The summed E-state index contributed by atoms with van der Waals surface area (Å²) in [4.78, 5) is 64.6. The van der Waals surface area contributed by atoms with E-state index in [0.717, 1.165) is 33.0 Å². The van der Waals surface area contributed by atoms with Crippen molar-refractivity contribution in [1.29, 1.82) is 0 Å². The number of phenols is 2. The molecule has 4 aromatic heterocycles. The smallest absolute Gasteiger partial charge is 0.343 e. The maximum Gasteiger partial charge on any atom is 0.343 e. The van der Waals surface area contributed by atoms with Crippen LogP contribution in [-0.4, -0.2) is 89.5 Å². The molecule has 0 aliphatic carbocycles. The summed E-state index contributed by atoms with van der Waals surface area (Å²) in [5, 5.41) is 44.4. The number of benzene rings is 2. The molecule has 0 saturated carbocycles. The Hall–Kier alpha value is -6.17. The maximum absolute atomic E-state index is 13.2. The number of nitrogens with zero attached hydrogens (tertiary/aromatic N) is 6. The van der Waals surface area contributed by atoms with Crippen LogP contribution in [0, 0.1) is 0 Å². The van der Waals surface area contributed by atoms with E-state index in [1.807, 2.05) is 50.1 Å².